The number of carbonyl (C=O) groups is 7. The predicted octanol–water partition coefficient (Wildman–Crippen LogP) is -2.50. The summed E-state index contributed by atoms with van der Waals surface area (Å²) in [5, 5.41) is 24.0. The average Bonchev–Trinajstić information content (AvgIpc) is 3.34. The van der Waals surface area contributed by atoms with Crippen LogP contribution in [0.25, 0.3) is 21.5 Å². The minimum absolute atomic E-state index is 0.115. The Kier molecular flexibility index (Phi) is 27.9. The first-order valence-corrected chi connectivity index (χ1v) is 23.7. The lowest BCUT2D eigenvalue weighted by Crippen LogP contribution is -2.42. The van der Waals surface area contributed by atoms with Gasteiger partial charge in [0, 0.05) is 175 Å². The molecule has 68 heavy (non-hydrogen) atoms. The van der Waals surface area contributed by atoms with E-state index in [9.17, 15) is 33.6 Å². The molecular weight excluding hydrogens is 873 g/mol. The van der Waals surface area contributed by atoms with Crippen LogP contribution in [0.1, 0.15) is 48.9 Å². The Labute approximate surface area is 399 Å². The second kappa shape index (κ2) is 33.6. The molecule has 0 aliphatic rings. The van der Waals surface area contributed by atoms with Crippen molar-refractivity contribution in [1.82, 2.24) is 51.9 Å². The third-order valence-electron chi connectivity index (χ3n) is 11.0. The Morgan fingerprint density at radius 3 is 0.971 bits per heavy atom. The quantitative estimate of drug-likeness (QED) is 0.0269. The molecule has 0 radical (unpaired) electrons. The van der Waals surface area contributed by atoms with Crippen LogP contribution >= 0.6 is 0 Å². The van der Waals surface area contributed by atoms with Gasteiger partial charge in [-0.25, -0.2) is 0 Å². The number of nitrogens with one attached hydrogen (secondary N) is 7. The van der Waals surface area contributed by atoms with Gasteiger partial charge in [-0.3, -0.25) is 33.6 Å². The van der Waals surface area contributed by atoms with Gasteiger partial charge in [-0.15, -0.1) is 0 Å². The Balaban J connectivity index is 1.59. The van der Waals surface area contributed by atoms with Gasteiger partial charge in [0.1, 0.15) is 0 Å². The first-order valence-electron chi connectivity index (χ1n) is 23.7. The zero-order chi connectivity index (χ0) is 49.4. The molecule has 0 unspecified atom stereocenters. The fraction of sp³-hybridized carbons (Fsp3) is 0.553. The second-order valence-corrected chi connectivity index (χ2v) is 16.3. The van der Waals surface area contributed by atoms with Crippen molar-refractivity contribution in [2.75, 3.05) is 131 Å². The van der Waals surface area contributed by atoms with Crippen LogP contribution in [0.15, 0.2) is 54.6 Å². The van der Waals surface area contributed by atoms with E-state index < -0.39 is 0 Å². The van der Waals surface area contributed by atoms with Gasteiger partial charge in [-0.05, 0) is 45.8 Å². The predicted molar refractivity (Wildman–Crippen MR) is 265 cm³/mol. The first kappa shape index (κ1) is 56.5. The van der Waals surface area contributed by atoms with Crippen molar-refractivity contribution in [3.8, 4) is 0 Å². The number of fused-ring (bicyclic) bond motifs is 2. The van der Waals surface area contributed by atoms with E-state index in [0.717, 1.165) is 21.5 Å². The highest BCUT2D eigenvalue weighted by molar-refractivity contribution is 6.03. The minimum Gasteiger partial charge on any atom is -0.355 e. The number of hydrogen-bond donors (Lipinski definition) is 11. The molecular formula is C47H76N14O7. The molecule has 0 aliphatic carbocycles. The van der Waals surface area contributed by atoms with Crippen molar-refractivity contribution in [2.24, 2.45) is 22.9 Å². The molecule has 15 N–H and O–H groups in total. The van der Waals surface area contributed by atoms with Crippen LogP contribution < -0.4 is 60.2 Å². The number of benzene rings is 3. The van der Waals surface area contributed by atoms with E-state index in [1.807, 2.05) is 45.0 Å². The highest BCUT2D eigenvalue weighted by atomic mass is 16.2. The summed E-state index contributed by atoms with van der Waals surface area (Å²) in [6.07, 6.45) is 1.05. The van der Waals surface area contributed by atoms with E-state index in [0.29, 0.717) is 117 Å². The summed E-state index contributed by atoms with van der Waals surface area (Å²) in [5.74, 6) is -1.31. The summed E-state index contributed by atoms with van der Waals surface area (Å²) in [7, 11) is 0. The third kappa shape index (κ3) is 23.8. The molecule has 21 nitrogen and oxygen atoms in total. The molecule has 0 atom stereocenters. The van der Waals surface area contributed by atoms with Gasteiger partial charge < -0.3 is 74.9 Å². The van der Waals surface area contributed by atoms with Crippen LogP contribution in [0, 0.1) is 0 Å². The molecule has 3 rings (SSSR count). The molecule has 0 aromatic heterocycles. The molecule has 0 saturated heterocycles. The Bertz CT molecular complexity index is 1920. The topological polar surface area (TPSA) is 317 Å². The molecule has 3 aromatic rings. The van der Waals surface area contributed by atoms with Gasteiger partial charge in [-0.2, -0.15) is 0 Å². The maximum absolute atomic E-state index is 13.4. The van der Waals surface area contributed by atoms with Gasteiger partial charge in [0.2, 0.25) is 35.4 Å². The van der Waals surface area contributed by atoms with Crippen molar-refractivity contribution in [1.29, 1.82) is 0 Å². The normalized spacial score (nSPS) is 11.2. The molecule has 0 spiro atoms. The standard InChI is InChI=1S/C47H76N14O7/c48-13-17-52-41(62)7-24-59(25-8-42(63)53-18-14-49)30-21-56-45(66)11-28-61(32-23-58-47(68)39-6-5-38-33-36-3-1-2-4-37(36)34-40(38)35-39)29-12-46(67)57-22-31-60(26-9-43(64)54-19-15-50)27-10-44(65)55-20-16-51/h1-6,33-35H,7-32,48-51H2,(H,52,62)(H,53,63)(H,54,64)(H,55,65)(H,56,66)(H,57,67)(H,58,68). The molecule has 7 amide bonds. The molecule has 0 bridgehead atoms. The number of hydrogen-bond acceptors (Lipinski definition) is 14. The fourth-order valence-corrected chi connectivity index (χ4v) is 7.16. The fourth-order valence-electron chi connectivity index (χ4n) is 7.16. The second-order valence-electron chi connectivity index (χ2n) is 16.3. The summed E-state index contributed by atoms with van der Waals surface area (Å²) < 4.78 is 0. The number of amides is 7. The molecule has 3 aromatic carbocycles. The van der Waals surface area contributed by atoms with Crippen molar-refractivity contribution in [3.05, 3.63) is 60.2 Å². The SMILES string of the molecule is NCCNC(=O)CCN(CCNC(=O)CCN(CCNC(=O)c1ccc2cc3ccccc3cc2c1)CCC(=O)NCCN(CCC(=O)NCCN)CCC(=O)NCCN)CCC(=O)NCCN. The summed E-state index contributed by atoms with van der Waals surface area (Å²) in [6, 6.07) is 17.8. The van der Waals surface area contributed by atoms with E-state index in [1.54, 1.807) is 6.07 Å². The van der Waals surface area contributed by atoms with E-state index in [-0.39, 0.29) is 99.5 Å². The van der Waals surface area contributed by atoms with Gasteiger partial charge in [0.15, 0.2) is 0 Å². The molecule has 0 saturated carbocycles. The van der Waals surface area contributed by atoms with Crippen LogP contribution in [0.4, 0.5) is 0 Å². The number of carbonyl (C=O) groups excluding carboxylic acids is 7. The van der Waals surface area contributed by atoms with Gasteiger partial charge in [0.05, 0.1) is 0 Å². The third-order valence-corrected chi connectivity index (χ3v) is 11.0. The zero-order valence-corrected chi connectivity index (χ0v) is 39.6. The maximum atomic E-state index is 13.4. The summed E-state index contributed by atoms with van der Waals surface area (Å²) in [5.41, 5.74) is 22.5. The number of rotatable bonds is 36. The van der Waals surface area contributed by atoms with Crippen LogP contribution in [0.3, 0.4) is 0 Å². The molecule has 21 heteroatoms. The van der Waals surface area contributed by atoms with E-state index in [1.165, 1.54) is 0 Å². The van der Waals surface area contributed by atoms with Crippen LogP contribution in [-0.4, -0.2) is 187 Å². The van der Waals surface area contributed by atoms with Crippen LogP contribution in [0.2, 0.25) is 0 Å². The molecule has 0 fully saturated rings. The lowest BCUT2D eigenvalue weighted by molar-refractivity contribution is -0.123. The lowest BCUT2D eigenvalue weighted by Gasteiger charge is -2.24. The lowest BCUT2D eigenvalue weighted by atomic mass is 10.0. The number of nitrogens with two attached hydrogens (primary N) is 4. The Morgan fingerprint density at radius 1 is 0.338 bits per heavy atom. The summed E-state index contributed by atoms with van der Waals surface area (Å²) in [6.45, 7) is 6.87. The summed E-state index contributed by atoms with van der Waals surface area (Å²) >= 11 is 0. The zero-order valence-electron chi connectivity index (χ0n) is 39.6. The number of nitrogens with zero attached hydrogens (tertiary/aromatic N) is 3. The molecule has 376 valence electrons. The Hall–Kier alpha value is -5.81. The van der Waals surface area contributed by atoms with Gasteiger partial charge in [0.25, 0.3) is 5.91 Å². The monoisotopic (exact) mass is 949 g/mol. The van der Waals surface area contributed by atoms with Gasteiger partial charge >= 0.3 is 0 Å². The van der Waals surface area contributed by atoms with Crippen molar-refractivity contribution < 1.29 is 33.6 Å². The van der Waals surface area contributed by atoms with Crippen LogP contribution in [-0.2, 0) is 28.8 Å². The van der Waals surface area contributed by atoms with Crippen molar-refractivity contribution >= 4 is 62.9 Å². The van der Waals surface area contributed by atoms with E-state index >= 15 is 0 Å². The van der Waals surface area contributed by atoms with E-state index in [4.69, 9.17) is 22.9 Å². The first-order chi connectivity index (χ1) is 32.9. The van der Waals surface area contributed by atoms with Gasteiger partial charge in [-0.1, -0.05) is 30.3 Å². The maximum Gasteiger partial charge on any atom is 0.251 e. The highest BCUT2D eigenvalue weighted by Crippen LogP contribution is 2.23. The molecule has 0 heterocycles. The summed E-state index contributed by atoms with van der Waals surface area (Å²) in [4.78, 5) is 94.6. The smallest absolute Gasteiger partial charge is 0.251 e. The molecule has 0 aliphatic heterocycles. The van der Waals surface area contributed by atoms with Crippen molar-refractivity contribution in [2.45, 2.75) is 38.5 Å². The largest absolute Gasteiger partial charge is 0.355 e. The van der Waals surface area contributed by atoms with E-state index in [2.05, 4.69) is 55.4 Å². The van der Waals surface area contributed by atoms with Crippen LogP contribution in [0.5, 0.6) is 0 Å². The van der Waals surface area contributed by atoms with Crippen molar-refractivity contribution in [3.63, 3.8) is 0 Å². The minimum atomic E-state index is -0.243. The Morgan fingerprint density at radius 2 is 0.632 bits per heavy atom. The average molecular weight is 949 g/mol. The highest BCUT2D eigenvalue weighted by Gasteiger charge is 2.16.